The van der Waals surface area contributed by atoms with Crippen molar-refractivity contribution >= 4 is 29.5 Å². The van der Waals surface area contributed by atoms with E-state index in [1.165, 1.54) is 0 Å². The molecule has 1 aromatic carbocycles. The van der Waals surface area contributed by atoms with Gasteiger partial charge in [0, 0.05) is 17.8 Å². The van der Waals surface area contributed by atoms with Crippen LogP contribution in [0.1, 0.15) is 51.6 Å². The van der Waals surface area contributed by atoms with Crippen LogP contribution in [0.25, 0.3) is 0 Å². The summed E-state index contributed by atoms with van der Waals surface area (Å²) in [5.41, 5.74) is 0.786. The van der Waals surface area contributed by atoms with E-state index in [9.17, 15) is 19.5 Å². The number of aliphatic hydroxyl groups excluding tert-OH is 1. The number of fused-ring (bicyclic) bond motifs is 1. The number of hydrogen-bond acceptors (Lipinski definition) is 5. The number of carbonyl (C=O) groups is 3. The molecular formula is C24H33N3O4S. The number of nitrogens with one attached hydrogen (secondary N) is 2. The van der Waals surface area contributed by atoms with Crippen LogP contribution in [0, 0.1) is 11.8 Å². The highest BCUT2D eigenvalue weighted by Gasteiger charge is 2.74. The van der Waals surface area contributed by atoms with E-state index in [2.05, 4.69) is 10.6 Å². The SMILES string of the molecule is CCCNC(=O)[C@@H]1[C@@H]2CCC3(S2)C(C(=O)NC(C)C)N([C@H](CO)c2ccccc2)C(=O)[C@H]13. The molecule has 3 heterocycles. The van der Waals surface area contributed by atoms with Crippen LogP contribution < -0.4 is 10.6 Å². The minimum Gasteiger partial charge on any atom is -0.394 e. The third-order valence-electron chi connectivity index (χ3n) is 6.96. The monoisotopic (exact) mass is 459 g/mol. The van der Waals surface area contributed by atoms with Crippen molar-refractivity contribution in [2.45, 2.75) is 68.2 Å². The molecule has 174 valence electrons. The van der Waals surface area contributed by atoms with E-state index in [1.54, 1.807) is 16.7 Å². The zero-order valence-corrected chi connectivity index (χ0v) is 19.7. The molecule has 2 bridgehead atoms. The third kappa shape index (κ3) is 3.61. The highest BCUT2D eigenvalue weighted by Crippen LogP contribution is 2.67. The first-order valence-electron chi connectivity index (χ1n) is 11.6. The molecule has 3 saturated heterocycles. The Balaban J connectivity index is 1.77. The Kier molecular flexibility index (Phi) is 6.54. The number of carbonyl (C=O) groups excluding carboxylic acids is 3. The first kappa shape index (κ1) is 23.1. The zero-order chi connectivity index (χ0) is 23.0. The Bertz CT molecular complexity index is 879. The molecule has 7 nitrogen and oxygen atoms in total. The lowest BCUT2D eigenvalue weighted by molar-refractivity contribution is -0.143. The molecule has 0 aliphatic carbocycles. The Morgan fingerprint density at radius 3 is 2.59 bits per heavy atom. The molecule has 4 rings (SSSR count). The van der Waals surface area contributed by atoms with Crippen LogP contribution in [0.4, 0.5) is 0 Å². The average Bonchev–Trinajstić information content (AvgIpc) is 3.41. The molecule has 3 amide bonds. The van der Waals surface area contributed by atoms with Gasteiger partial charge in [-0.05, 0) is 38.7 Å². The maximum atomic E-state index is 14.0. The van der Waals surface area contributed by atoms with Crippen LogP contribution in [-0.2, 0) is 14.4 Å². The largest absolute Gasteiger partial charge is 0.394 e. The standard InChI is InChI=1S/C24H33N3O4S/c1-4-12-25-21(29)18-17-10-11-24(32-17)19(18)23(31)27(20(24)22(30)26-14(2)3)16(13-28)15-8-6-5-7-9-15/h5-9,14,16-20,28H,4,10-13H2,1-3H3,(H,25,29)(H,26,30)/t16-,17+,18-,19+,20?,24?/m1/s1. The van der Waals surface area contributed by atoms with Crippen molar-refractivity contribution in [1.82, 2.24) is 15.5 Å². The predicted molar refractivity (Wildman–Crippen MR) is 124 cm³/mol. The summed E-state index contributed by atoms with van der Waals surface area (Å²) in [5, 5.41) is 16.4. The van der Waals surface area contributed by atoms with Gasteiger partial charge in [-0.3, -0.25) is 14.4 Å². The van der Waals surface area contributed by atoms with Crippen molar-refractivity contribution in [2.75, 3.05) is 13.2 Å². The normalized spacial score (nSPS) is 31.7. The quantitative estimate of drug-likeness (QED) is 0.551. The Morgan fingerprint density at radius 2 is 1.97 bits per heavy atom. The molecule has 0 aromatic heterocycles. The van der Waals surface area contributed by atoms with E-state index >= 15 is 0 Å². The molecule has 3 N–H and O–H groups in total. The van der Waals surface area contributed by atoms with Crippen molar-refractivity contribution in [2.24, 2.45) is 11.8 Å². The van der Waals surface area contributed by atoms with E-state index < -0.39 is 28.7 Å². The lowest BCUT2D eigenvalue weighted by atomic mass is 9.70. The smallest absolute Gasteiger partial charge is 0.244 e. The molecule has 0 radical (unpaired) electrons. The molecule has 3 fully saturated rings. The van der Waals surface area contributed by atoms with Crippen LogP contribution in [-0.4, -0.2) is 63.0 Å². The summed E-state index contributed by atoms with van der Waals surface area (Å²) < 4.78 is -0.642. The number of thioether (sulfide) groups is 1. The number of nitrogens with zero attached hydrogens (tertiary/aromatic N) is 1. The first-order chi connectivity index (χ1) is 15.4. The number of amides is 3. The molecule has 2 unspecified atom stereocenters. The summed E-state index contributed by atoms with van der Waals surface area (Å²) in [5.74, 6) is -1.48. The zero-order valence-electron chi connectivity index (χ0n) is 18.9. The molecule has 8 heteroatoms. The second-order valence-electron chi connectivity index (χ2n) is 9.36. The van der Waals surface area contributed by atoms with Gasteiger partial charge in [-0.15, -0.1) is 11.8 Å². The highest BCUT2D eigenvalue weighted by molar-refractivity contribution is 8.02. The van der Waals surface area contributed by atoms with Crippen LogP contribution >= 0.6 is 11.8 Å². The number of hydrogen-bond donors (Lipinski definition) is 3. The van der Waals surface area contributed by atoms with Crippen LogP contribution in [0.3, 0.4) is 0 Å². The second-order valence-corrected chi connectivity index (χ2v) is 11.0. The second kappa shape index (κ2) is 9.06. The van der Waals surface area contributed by atoms with E-state index in [0.29, 0.717) is 6.54 Å². The molecular weight excluding hydrogens is 426 g/mol. The van der Waals surface area contributed by atoms with Gasteiger partial charge in [-0.2, -0.15) is 0 Å². The fourth-order valence-corrected chi connectivity index (χ4v) is 7.99. The average molecular weight is 460 g/mol. The van der Waals surface area contributed by atoms with Crippen LogP contribution in [0.5, 0.6) is 0 Å². The van der Waals surface area contributed by atoms with E-state index in [-0.39, 0.29) is 35.6 Å². The van der Waals surface area contributed by atoms with Crippen molar-refractivity contribution in [1.29, 1.82) is 0 Å². The van der Waals surface area contributed by atoms with Crippen molar-refractivity contribution in [3.8, 4) is 0 Å². The van der Waals surface area contributed by atoms with Gasteiger partial charge in [-0.25, -0.2) is 0 Å². The van der Waals surface area contributed by atoms with E-state index in [0.717, 1.165) is 24.8 Å². The van der Waals surface area contributed by atoms with Gasteiger partial charge < -0.3 is 20.6 Å². The van der Waals surface area contributed by atoms with Gasteiger partial charge in [0.15, 0.2) is 0 Å². The molecule has 3 aliphatic heterocycles. The Morgan fingerprint density at radius 1 is 1.25 bits per heavy atom. The Labute approximate surface area is 193 Å². The van der Waals surface area contributed by atoms with Gasteiger partial charge >= 0.3 is 0 Å². The number of benzene rings is 1. The summed E-state index contributed by atoms with van der Waals surface area (Å²) in [6.45, 7) is 6.08. The fourth-order valence-electron chi connectivity index (χ4n) is 5.79. The maximum Gasteiger partial charge on any atom is 0.244 e. The summed E-state index contributed by atoms with van der Waals surface area (Å²) in [7, 11) is 0. The lowest BCUT2D eigenvalue weighted by Gasteiger charge is -2.37. The number of aliphatic hydroxyl groups is 1. The Hall–Kier alpha value is -2.06. The third-order valence-corrected chi connectivity index (χ3v) is 8.91. The molecule has 1 aromatic rings. The van der Waals surface area contributed by atoms with Gasteiger partial charge in [0.05, 0.1) is 29.2 Å². The van der Waals surface area contributed by atoms with Crippen LogP contribution in [0.15, 0.2) is 30.3 Å². The van der Waals surface area contributed by atoms with Crippen molar-refractivity contribution < 1.29 is 19.5 Å². The number of likely N-dealkylation sites (tertiary alicyclic amines) is 1. The minimum absolute atomic E-state index is 0.0432. The summed E-state index contributed by atoms with van der Waals surface area (Å²) in [6, 6.07) is 7.91. The predicted octanol–water partition coefficient (Wildman–Crippen LogP) is 1.86. The van der Waals surface area contributed by atoms with Gasteiger partial charge in [0.1, 0.15) is 6.04 Å². The molecule has 6 atom stereocenters. The highest BCUT2D eigenvalue weighted by atomic mass is 32.2. The molecule has 32 heavy (non-hydrogen) atoms. The van der Waals surface area contributed by atoms with Crippen LogP contribution in [0.2, 0.25) is 0 Å². The molecule has 3 aliphatic rings. The van der Waals surface area contributed by atoms with Gasteiger partial charge in [0.2, 0.25) is 17.7 Å². The maximum absolute atomic E-state index is 14.0. The lowest BCUT2D eigenvalue weighted by Crippen LogP contribution is -2.55. The first-order valence-corrected chi connectivity index (χ1v) is 12.5. The van der Waals surface area contributed by atoms with Crippen molar-refractivity contribution in [3.05, 3.63) is 35.9 Å². The summed E-state index contributed by atoms with van der Waals surface area (Å²) in [4.78, 5) is 42.2. The topological polar surface area (TPSA) is 98.7 Å². The summed E-state index contributed by atoms with van der Waals surface area (Å²) >= 11 is 1.65. The summed E-state index contributed by atoms with van der Waals surface area (Å²) in [6.07, 6.45) is 2.36. The fraction of sp³-hybridized carbons (Fsp3) is 0.625. The van der Waals surface area contributed by atoms with Gasteiger partial charge in [-0.1, -0.05) is 37.3 Å². The molecule has 0 saturated carbocycles. The van der Waals surface area contributed by atoms with Crippen molar-refractivity contribution in [3.63, 3.8) is 0 Å². The minimum atomic E-state index is -0.723. The number of rotatable bonds is 8. The molecule has 1 spiro atoms. The van der Waals surface area contributed by atoms with Gasteiger partial charge in [0.25, 0.3) is 0 Å². The van der Waals surface area contributed by atoms with E-state index in [1.807, 2.05) is 51.1 Å². The van der Waals surface area contributed by atoms with E-state index in [4.69, 9.17) is 0 Å².